The molecule has 1 aromatic rings. The number of amides is 2. The summed E-state index contributed by atoms with van der Waals surface area (Å²) in [6.45, 7) is 1.97. The Hall–Kier alpha value is -1.68. The van der Waals surface area contributed by atoms with Gasteiger partial charge in [0.05, 0.1) is 0 Å². The van der Waals surface area contributed by atoms with Crippen molar-refractivity contribution in [3.63, 3.8) is 0 Å². The van der Waals surface area contributed by atoms with Gasteiger partial charge in [-0.1, -0.05) is 37.3 Å². The van der Waals surface area contributed by atoms with Gasteiger partial charge >= 0.3 is 0 Å². The van der Waals surface area contributed by atoms with E-state index in [2.05, 4.69) is 0 Å². The second-order valence-electron chi connectivity index (χ2n) is 3.89. The van der Waals surface area contributed by atoms with E-state index in [-0.39, 0.29) is 30.8 Å². The third-order valence-corrected chi connectivity index (χ3v) is 2.53. The van der Waals surface area contributed by atoms with Crippen molar-refractivity contribution in [3.05, 3.63) is 35.9 Å². The number of hydroxylamine groups is 2. The van der Waals surface area contributed by atoms with Crippen LogP contribution < -0.4 is 0 Å². The molecule has 1 saturated heterocycles. The van der Waals surface area contributed by atoms with Gasteiger partial charge in [-0.25, -0.2) is 0 Å². The number of hydrogen-bond donors (Lipinski definition) is 0. The van der Waals surface area contributed by atoms with Gasteiger partial charge in [-0.05, 0) is 5.56 Å². The molecule has 2 amide bonds. The Balaban J connectivity index is 1.96. The molecule has 1 atom stereocenters. The summed E-state index contributed by atoms with van der Waals surface area (Å²) >= 11 is 0. The van der Waals surface area contributed by atoms with Crippen LogP contribution in [-0.4, -0.2) is 16.9 Å². The van der Waals surface area contributed by atoms with E-state index >= 15 is 0 Å². The monoisotopic (exact) mass is 219 g/mol. The van der Waals surface area contributed by atoms with Crippen molar-refractivity contribution < 1.29 is 14.4 Å². The van der Waals surface area contributed by atoms with Crippen LogP contribution in [0.1, 0.15) is 18.9 Å². The van der Waals surface area contributed by atoms with Crippen molar-refractivity contribution >= 4 is 11.8 Å². The number of hydrogen-bond acceptors (Lipinski definition) is 3. The van der Waals surface area contributed by atoms with Gasteiger partial charge in [0.2, 0.25) is 0 Å². The summed E-state index contributed by atoms with van der Waals surface area (Å²) in [5.74, 6) is -0.766. The highest BCUT2D eigenvalue weighted by atomic mass is 16.7. The lowest BCUT2D eigenvalue weighted by molar-refractivity contribution is -0.192. The molecule has 1 fully saturated rings. The van der Waals surface area contributed by atoms with Gasteiger partial charge in [-0.3, -0.25) is 14.4 Å². The molecule has 1 aliphatic heterocycles. The Morgan fingerprint density at radius 3 is 2.56 bits per heavy atom. The highest BCUT2D eigenvalue weighted by Crippen LogP contribution is 2.19. The van der Waals surface area contributed by atoms with Gasteiger partial charge in [0.1, 0.15) is 6.61 Å². The SMILES string of the molecule is CC1CC(=O)N(OCc2ccccc2)C1=O. The minimum atomic E-state index is -0.261. The summed E-state index contributed by atoms with van der Waals surface area (Å²) in [7, 11) is 0. The molecule has 4 nitrogen and oxygen atoms in total. The zero-order chi connectivity index (χ0) is 11.5. The van der Waals surface area contributed by atoms with E-state index in [9.17, 15) is 9.59 Å². The van der Waals surface area contributed by atoms with Gasteiger partial charge in [0.15, 0.2) is 0 Å². The van der Waals surface area contributed by atoms with Crippen LogP contribution in [-0.2, 0) is 21.0 Å². The molecule has 1 aliphatic rings. The summed E-state index contributed by atoms with van der Waals surface area (Å²) in [6, 6.07) is 9.44. The summed E-state index contributed by atoms with van der Waals surface area (Å²) in [5, 5.41) is 0.887. The van der Waals surface area contributed by atoms with Crippen molar-refractivity contribution in [1.29, 1.82) is 0 Å². The number of rotatable bonds is 3. The van der Waals surface area contributed by atoms with Crippen LogP contribution in [0.2, 0.25) is 0 Å². The first-order valence-electron chi connectivity index (χ1n) is 5.22. The zero-order valence-corrected chi connectivity index (χ0v) is 9.05. The van der Waals surface area contributed by atoms with Crippen LogP contribution in [0.3, 0.4) is 0 Å². The first-order chi connectivity index (χ1) is 7.68. The lowest BCUT2D eigenvalue weighted by Gasteiger charge is -2.13. The van der Waals surface area contributed by atoms with E-state index < -0.39 is 0 Å². The van der Waals surface area contributed by atoms with E-state index in [1.807, 2.05) is 30.3 Å². The number of carbonyl (C=O) groups is 2. The maximum Gasteiger partial charge on any atom is 0.256 e. The number of nitrogens with zero attached hydrogens (tertiary/aromatic N) is 1. The topological polar surface area (TPSA) is 46.6 Å². The van der Waals surface area contributed by atoms with Crippen LogP contribution in [0.5, 0.6) is 0 Å². The van der Waals surface area contributed by atoms with E-state index in [1.165, 1.54) is 0 Å². The molecule has 0 radical (unpaired) electrons. The Morgan fingerprint density at radius 2 is 2.00 bits per heavy atom. The first kappa shape index (κ1) is 10.8. The molecular formula is C12H13NO3. The second-order valence-corrected chi connectivity index (χ2v) is 3.89. The van der Waals surface area contributed by atoms with Gasteiger partial charge in [0.25, 0.3) is 11.8 Å². The molecule has 0 bridgehead atoms. The quantitative estimate of drug-likeness (QED) is 0.724. The van der Waals surface area contributed by atoms with Crippen molar-refractivity contribution in [2.24, 2.45) is 5.92 Å². The smallest absolute Gasteiger partial charge is 0.256 e. The van der Waals surface area contributed by atoms with Gasteiger partial charge < -0.3 is 0 Å². The van der Waals surface area contributed by atoms with Crippen molar-refractivity contribution in [2.75, 3.05) is 0 Å². The maximum absolute atomic E-state index is 11.5. The molecule has 16 heavy (non-hydrogen) atoms. The molecule has 0 N–H and O–H groups in total. The fraction of sp³-hybridized carbons (Fsp3) is 0.333. The van der Waals surface area contributed by atoms with E-state index in [1.54, 1.807) is 6.92 Å². The summed E-state index contributed by atoms with van der Waals surface area (Å²) in [5.41, 5.74) is 0.933. The number of benzene rings is 1. The van der Waals surface area contributed by atoms with Gasteiger partial charge in [0, 0.05) is 12.3 Å². The molecule has 1 unspecified atom stereocenters. The predicted molar refractivity (Wildman–Crippen MR) is 56.9 cm³/mol. The molecule has 1 heterocycles. The molecular weight excluding hydrogens is 206 g/mol. The molecule has 0 aliphatic carbocycles. The fourth-order valence-corrected chi connectivity index (χ4v) is 1.60. The average Bonchev–Trinajstić information content (AvgIpc) is 2.53. The van der Waals surface area contributed by atoms with E-state index in [0.717, 1.165) is 10.6 Å². The first-order valence-corrected chi connectivity index (χ1v) is 5.22. The van der Waals surface area contributed by atoms with E-state index in [4.69, 9.17) is 4.84 Å². The largest absolute Gasteiger partial charge is 0.272 e. The Kier molecular flexibility index (Phi) is 3.01. The summed E-state index contributed by atoms with van der Waals surface area (Å²) in [4.78, 5) is 28.1. The third-order valence-electron chi connectivity index (χ3n) is 2.53. The van der Waals surface area contributed by atoms with Crippen LogP contribution in [0.4, 0.5) is 0 Å². The van der Waals surface area contributed by atoms with Crippen LogP contribution in [0, 0.1) is 5.92 Å². The predicted octanol–water partition coefficient (Wildman–Crippen LogP) is 1.51. The molecule has 2 rings (SSSR count). The number of carbonyl (C=O) groups excluding carboxylic acids is 2. The molecule has 1 aromatic carbocycles. The molecule has 0 spiro atoms. The fourth-order valence-electron chi connectivity index (χ4n) is 1.60. The van der Waals surface area contributed by atoms with Gasteiger partial charge in [-0.2, -0.15) is 5.06 Å². The minimum Gasteiger partial charge on any atom is -0.272 e. The van der Waals surface area contributed by atoms with Gasteiger partial charge in [-0.15, -0.1) is 0 Å². The molecule has 0 saturated carbocycles. The van der Waals surface area contributed by atoms with E-state index in [0.29, 0.717) is 0 Å². The molecule has 0 aromatic heterocycles. The average molecular weight is 219 g/mol. The second kappa shape index (κ2) is 4.45. The minimum absolute atomic E-state index is 0.241. The van der Waals surface area contributed by atoms with Crippen molar-refractivity contribution in [1.82, 2.24) is 5.06 Å². The standard InChI is InChI=1S/C12H13NO3/c1-9-7-11(14)13(12(9)15)16-8-10-5-3-2-4-6-10/h2-6,9H,7-8H2,1H3. The highest BCUT2D eigenvalue weighted by molar-refractivity contribution is 6.02. The Labute approximate surface area is 93.8 Å². The normalized spacial score (nSPS) is 20.6. The lowest BCUT2D eigenvalue weighted by Crippen LogP contribution is -2.30. The lowest BCUT2D eigenvalue weighted by atomic mass is 10.1. The molecule has 84 valence electrons. The van der Waals surface area contributed by atoms with Crippen LogP contribution in [0.25, 0.3) is 0 Å². The Morgan fingerprint density at radius 1 is 1.31 bits per heavy atom. The zero-order valence-electron chi connectivity index (χ0n) is 9.05. The summed E-state index contributed by atoms with van der Waals surface area (Å²) in [6.07, 6.45) is 0.244. The van der Waals surface area contributed by atoms with Crippen LogP contribution >= 0.6 is 0 Å². The summed E-state index contributed by atoms with van der Waals surface area (Å²) < 4.78 is 0. The van der Waals surface area contributed by atoms with Crippen molar-refractivity contribution in [2.45, 2.75) is 20.0 Å². The van der Waals surface area contributed by atoms with Crippen molar-refractivity contribution in [3.8, 4) is 0 Å². The number of imide groups is 1. The van der Waals surface area contributed by atoms with Crippen LogP contribution in [0.15, 0.2) is 30.3 Å². The third kappa shape index (κ3) is 2.12. The Bertz CT molecular complexity index is 402. The molecule has 4 heteroatoms. The maximum atomic E-state index is 11.5. The highest BCUT2D eigenvalue weighted by Gasteiger charge is 2.36.